The number of hydrogen-bond acceptors (Lipinski definition) is 7. The first-order chi connectivity index (χ1) is 15.5. The summed E-state index contributed by atoms with van der Waals surface area (Å²) < 4.78 is 1.73. The second-order valence-electron chi connectivity index (χ2n) is 8.53. The maximum Gasteiger partial charge on any atom is 0.264 e. The van der Waals surface area contributed by atoms with E-state index < -0.39 is 0 Å². The van der Waals surface area contributed by atoms with Crippen LogP contribution in [0, 0.1) is 0 Å². The van der Waals surface area contributed by atoms with Gasteiger partial charge in [-0.15, -0.1) is 0 Å². The van der Waals surface area contributed by atoms with E-state index in [0.29, 0.717) is 23.3 Å². The second kappa shape index (κ2) is 10.1. The van der Waals surface area contributed by atoms with E-state index in [4.69, 9.17) is 5.73 Å². The molecule has 0 aliphatic carbocycles. The van der Waals surface area contributed by atoms with Gasteiger partial charge in [0.2, 0.25) is 5.95 Å². The number of nitrogen functional groups attached to an aromatic ring is 1. The number of rotatable bonds is 8. The highest BCUT2D eigenvalue weighted by molar-refractivity contribution is 5.89. The Hall–Kier alpha value is -2.97. The Morgan fingerprint density at radius 2 is 1.75 bits per heavy atom. The summed E-state index contributed by atoms with van der Waals surface area (Å²) in [5, 5.41) is 3.91. The normalized spacial score (nSPS) is 14.7. The molecule has 1 aliphatic rings. The highest BCUT2D eigenvalue weighted by atomic mass is 16.1. The maximum absolute atomic E-state index is 13.4. The molecule has 1 aromatic carbocycles. The topological polar surface area (TPSA) is 92.3 Å². The second-order valence-corrected chi connectivity index (χ2v) is 8.53. The summed E-state index contributed by atoms with van der Waals surface area (Å²) in [4.78, 5) is 26.5. The number of benzene rings is 1. The number of nitrogens with one attached hydrogen (secondary N) is 1. The number of fused-ring (bicyclic) bond motifs is 1. The molecule has 0 radical (unpaired) electrons. The van der Waals surface area contributed by atoms with Crippen LogP contribution in [0.4, 0.5) is 11.8 Å². The first-order valence-electron chi connectivity index (χ1n) is 11.4. The average Bonchev–Trinajstić information content (AvgIpc) is 2.80. The minimum atomic E-state index is -0.0919. The average molecular weight is 436 g/mol. The van der Waals surface area contributed by atoms with Crippen molar-refractivity contribution < 1.29 is 0 Å². The Bertz CT molecular complexity index is 1100. The predicted octanol–water partition coefficient (Wildman–Crippen LogP) is 2.06. The first kappa shape index (κ1) is 22.2. The van der Waals surface area contributed by atoms with Gasteiger partial charge in [-0.05, 0) is 23.6 Å². The molecule has 170 valence electrons. The van der Waals surface area contributed by atoms with Gasteiger partial charge < -0.3 is 20.5 Å². The van der Waals surface area contributed by atoms with Crippen molar-refractivity contribution in [1.82, 2.24) is 24.8 Å². The van der Waals surface area contributed by atoms with Crippen LogP contribution in [0.3, 0.4) is 0 Å². The number of nitrogens with two attached hydrogens (primary N) is 1. The van der Waals surface area contributed by atoms with Crippen molar-refractivity contribution in [2.45, 2.75) is 32.9 Å². The van der Waals surface area contributed by atoms with E-state index in [9.17, 15) is 4.79 Å². The molecule has 0 saturated carbocycles. The number of pyridine rings is 1. The third kappa shape index (κ3) is 5.08. The molecule has 4 rings (SSSR count). The lowest BCUT2D eigenvalue weighted by molar-refractivity contribution is 0.233. The number of hydrogen-bond donors (Lipinski definition) is 2. The molecule has 0 spiro atoms. The van der Waals surface area contributed by atoms with Gasteiger partial charge in [0.05, 0.1) is 12.1 Å². The van der Waals surface area contributed by atoms with E-state index in [1.54, 1.807) is 10.8 Å². The Morgan fingerprint density at radius 3 is 2.44 bits per heavy atom. The van der Waals surface area contributed by atoms with Crippen molar-refractivity contribution in [3.05, 3.63) is 58.0 Å². The van der Waals surface area contributed by atoms with E-state index in [0.717, 1.165) is 57.7 Å². The summed E-state index contributed by atoms with van der Waals surface area (Å²) in [7, 11) is 1.95. The van der Waals surface area contributed by atoms with Crippen LogP contribution in [0.15, 0.2) is 41.3 Å². The number of unbranched alkanes of at least 4 members (excludes halogenated alkanes) is 1. The van der Waals surface area contributed by atoms with E-state index in [1.807, 2.05) is 18.0 Å². The zero-order chi connectivity index (χ0) is 22.5. The molecule has 0 bridgehead atoms. The smallest absolute Gasteiger partial charge is 0.264 e. The Morgan fingerprint density at radius 1 is 1.06 bits per heavy atom. The number of aromatic nitrogens is 3. The minimum absolute atomic E-state index is 0.0919. The van der Waals surface area contributed by atoms with Crippen LogP contribution in [-0.4, -0.2) is 59.2 Å². The fraction of sp³-hybridized carbons (Fsp3) is 0.458. The van der Waals surface area contributed by atoms with Gasteiger partial charge >= 0.3 is 0 Å². The van der Waals surface area contributed by atoms with E-state index in [1.165, 1.54) is 5.56 Å². The number of piperazine rings is 1. The molecule has 3 N–H and O–H groups in total. The molecule has 0 unspecified atom stereocenters. The number of nitrogens with zero attached hydrogens (tertiary/aromatic N) is 5. The Labute approximate surface area is 189 Å². The summed E-state index contributed by atoms with van der Waals surface area (Å²) in [5.74, 6) is 0.791. The zero-order valence-electron chi connectivity index (χ0n) is 19.0. The van der Waals surface area contributed by atoms with Crippen molar-refractivity contribution >= 4 is 22.7 Å². The van der Waals surface area contributed by atoms with Gasteiger partial charge in [-0.1, -0.05) is 37.6 Å². The van der Waals surface area contributed by atoms with Gasteiger partial charge in [0.1, 0.15) is 11.2 Å². The zero-order valence-corrected chi connectivity index (χ0v) is 19.0. The standard InChI is InChI=1S/C24H33N7O/c1-3-4-12-29(2)22-21-20(27-24(25)28-22)9-13-31(23(21)32)17-19-7-5-18(6-8-19)16-30-14-10-26-11-15-30/h5-9,13,26H,3-4,10-12,14-17H2,1-2H3,(H2,25,27,28). The van der Waals surface area contributed by atoms with Gasteiger partial charge in [-0.3, -0.25) is 9.69 Å². The minimum Gasteiger partial charge on any atom is -0.368 e. The van der Waals surface area contributed by atoms with Crippen molar-refractivity contribution in [1.29, 1.82) is 0 Å². The summed E-state index contributed by atoms with van der Waals surface area (Å²) >= 11 is 0. The van der Waals surface area contributed by atoms with Crippen LogP contribution in [0.2, 0.25) is 0 Å². The van der Waals surface area contributed by atoms with E-state index in [-0.39, 0.29) is 11.5 Å². The van der Waals surface area contributed by atoms with Crippen molar-refractivity contribution in [3.63, 3.8) is 0 Å². The molecule has 8 nitrogen and oxygen atoms in total. The van der Waals surface area contributed by atoms with Crippen molar-refractivity contribution in [3.8, 4) is 0 Å². The predicted molar refractivity (Wildman–Crippen MR) is 130 cm³/mol. The van der Waals surface area contributed by atoms with Crippen LogP contribution < -0.4 is 21.5 Å². The molecule has 8 heteroatoms. The van der Waals surface area contributed by atoms with Crippen LogP contribution in [0.25, 0.3) is 10.9 Å². The molecular formula is C24H33N7O. The number of anilines is 2. The molecule has 1 aliphatic heterocycles. The van der Waals surface area contributed by atoms with E-state index in [2.05, 4.69) is 51.4 Å². The first-order valence-corrected chi connectivity index (χ1v) is 11.4. The fourth-order valence-corrected chi connectivity index (χ4v) is 4.16. The molecule has 0 atom stereocenters. The molecule has 3 heterocycles. The SMILES string of the molecule is CCCCN(C)c1nc(N)nc2ccn(Cc3ccc(CN4CCNCC4)cc3)c(=O)c12. The molecule has 32 heavy (non-hydrogen) atoms. The van der Waals surface area contributed by atoms with Gasteiger partial charge in [-0.2, -0.15) is 4.98 Å². The fourth-order valence-electron chi connectivity index (χ4n) is 4.16. The highest BCUT2D eigenvalue weighted by Crippen LogP contribution is 2.21. The summed E-state index contributed by atoms with van der Waals surface area (Å²) in [6.07, 6.45) is 3.88. The Balaban J connectivity index is 1.57. The summed E-state index contributed by atoms with van der Waals surface area (Å²) in [5.41, 5.74) is 8.80. The largest absolute Gasteiger partial charge is 0.368 e. The molecule has 1 fully saturated rings. The summed E-state index contributed by atoms with van der Waals surface area (Å²) in [6, 6.07) is 10.4. The lowest BCUT2D eigenvalue weighted by Crippen LogP contribution is -2.42. The highest BCUT2D eigenvalue weighted by Gasteiger charge is 2.16. The lowest BCUT2D eigenvalue weighted by Gasteiger charge is -2.27. The monoisotopic (exact) mass is 435 g/mol. The third-order valence-electron chi connectivity index (χ3n) is 6.02. The van der Waals surface area contributed by atoms with Gasteiger partial charge in [0.25, 0.3) is 5.56 Å². The maximum atomic E-state index is 13.4. The molecule has 2 aromatic heterocycles. The van der Waals surface area contributed by atoms with Crippen LogP contribution in [0.5, 0.6) is 0 Å². The van der Waals surface area contributed by atoms with Crippen LogP contribution in [-0.2, 0) is 13.1 Å². The van der Waals surface area contributed by atoms with Gasteiger partial charge in [-0.25, -0.2) is 4.98 Å². The van der Waals surface area contributed by atoms with Crippen molar-refractivity contribution in [2.75, 3.05) is 50.4 Å². The quantitative estimate of drug-likeness (QED) is 0.559. The summed E-state index contributed by atoms with van der Waals surface area (Å²) in [6.45, 7) is 8.68. The molecule has 1 saturated heterocycles. The van der Waals surface area contributed by atoms with Gasteiger partial charge in [0, 0.05) is 52.5 Å². The lowest BCUT2D eigenvalue weighted by atomic mass is 10.1. The van der Waals surface area contributed by atoms with Gasteiger partial charge in [0.15, 0.2) is 0 Å². The van der Waals surface area contributed by atoms with Crippen molar-refractivity contribution in [2.24, 2.45) is 0 Å². The Kier molecular flexibility index (Phi) is 7.02. The molecule has 3 aromatic rings. The van der Waals surface area contributed by atoms with Crippen LogP contribution in [0.1, 0.15) is 30.9 Å². The molecule has 0 amide bonds. The van der Waals surface area contributed by atoms with E-state index >= 15 is 0 Å². The molecular weight excluding hydrogens is 402 g/mol. The van der Waals surface area contributed by atoms with Crippen LogP contribution >= 0.6 is 0 Å². The third-order valence-corrected chi connectivity index (χ3v) is 6.02.